The summed E-state index contributed by atoms with van der Waals surface area (Å²) in [6, 6.07) is 2.86. The highest BCUT2D eigenvalue weighted by Gasteiger charge is 2.56. The first-order chi connectivity index (χ1) is 37.1. The molecule has 6 aromatic rings. The number of aromatic hydroxyl groups is 17. The number of aromatic carboxylic acids is 1. The van der Waals surface area contributed by atoms with Gasteiger partial charge in [0.2, 0.25) is 46.9 Å². The van der Waals surface area contributed by atoms with Crippen LogP contribution in [0.2, 0.25) is 0 Å². The van der Waals surface area contributed by atoms with Crippen molar-refractivity contribution in [2.24, 2.45) is 0 Å². The average molecular weight is 1100 g/mol. The number of ether oxygens (including phenoxy) is 7. The van der Waals surface area contributed by atoms with Gasteiger partial charge in [-0.15, -0.1) is 0 Å². The molecule has 0 spiro atoms. The third-order valence-electron chi connectivity index (χ3n) is 12.3. The number of cyclic esters (lactones) is 1. The molecule has 410 valence electrons. The molecule has 6 aromatic carbocycles. The van der Waals surface area contributed by atoms with Crippen LogP contribution < -0.4 is 4.74 Å². The van der Waals surface area contributed by atoms with E-state index in [1.807, 2.05) is 0 Å². The van der Waals surface area contributed by atoms with Gasteiger partial charge >= 0.3 is 35.8 Å². The van der Waals surface area contributed by atoms with Crippen molar-refractivity contribution in [2.45, 2.75) is 30.7 Å². The third-order valence-corrected chi connectivity index (χ3v) is 12.3. The molecule has 3 aliphatic rings. The van der Waals surface area contributed by atoms with Gasteiger partial charge in [-0.05, 0) is 36.4 Å². The molecule has 0 saturated carbocycles. The molecule has 2 bridgehead atoms. The summed E-state index contributed by atoms with van der Waals surface area (Å²) in [6.07, 6.45) is -12.9. The van der Waals surface area contributed by atoms with Crippen molar-refractivity contribution >= 4 is 35.8 Å². The van der Waals surface area contributed by atoms with Crippen molar-refractivity contribution in [1.82, 2.24) is 0 Å². The fraction of sp³-hybridized carbons (Fsp3) is 0.125. The topological polar surface area (TPSA) is 531 Å². The summed E-state index contributed by atoms with van der Waals surface area (Å²) >= 11 is 0. The molecule has 5 atom stereocenters. The van der Waals surface area contributed by atoms with Gasteiger partial charge in [0.05, 0.1) is 22.3 Å². The van der Waals surface area contributed by atoms with Crippen molar-refractivity contribution < 1.29 is 154 Å². The van der Waals surface area contributed by atoms with E-state index >= 15 is 0 Å². The summed E-state index contributed by atoms with van der Waals surface area (Å²) in [4.78, 5) is 84.0. The molecule has 3 aliphatic heterocycles. The number of phenols is 17. The maximum atomic E-state index is 14.9. The summed E-state index contributed by atoms with van der Waals surface area (Å²) in [7, 11) is 0. The first kappa shape index (κ1) is 52.4. The second kappa shape index (κ2) is 18.7. The molecule has 0 aromatic heterocycles. The Morgan fingerprint density at radius 1 is 0.418 bits per heavy atom. The second-order valence-corrected chi connectivity index (χ2v) is 16.9. The van der Waals surface area contributed by atoms with Crippen LogP contribution in [0.3, 0.4) is 0 Å². The second-order valence-electron chi connectivity index (χ2n) is 16.9. The highest BCUT2D eigenvalue weighted by molar-refractivity contribution is 6.09. The van der Waals surface area contributed by atoms with E-state index < -0.39 is 238 Å². The van der Waals surface area contributed by atoms with Crippen molar-refractivity contribution in [2.75, 3.05) is 6.61 Å². The first-order valence-electron chi connectivity index (χ1n) is 21.7. The van der Waals surface area contributed by atoms with Gasteiger partial charge in [0.15, 0.2) is 87.0 Å². The monoisotopic (exact) mass is 1100 g/mol. The predicted molar refractivity (Wildman–Crippen MR) is 244 cm³/mol. The van der Waals surface area contributed by atoms with Crippen molar-refractivity contribution in [3.05, 3.63) is 75.8 Å². The van der Waals surface area contributed by atoms with Crippen LogP contribution in [0.15, 0.2) is 42.5 Å². The Morgan fingerprint density at radius 3 is 1.44 bits per heavy atom. The normalized spacial score (nSPS) is 18.7. The van der Waals surface area contributed by atoms with Crippen molar-refractivity contribution in [3.8, 4) is 131 Å². The van der Waals surface area contributed by atoms with Gasteiger partial charge in [0.25, 0.3) is 0 Å². The minimum absolute atomic E-state index is 0.305. The van der Waals surface area contributed by atoms with E-state index in [0.717, 1.165) is 0 Å². The van der Waals surface area contributed by atoms with E-state index in [9.17, 15) is 121 Å². The lowest BCUT2D eigenvalue weighted by atomic mass is 9.91. The molecule has 1 saturated heterocycles. The van der Waals surface area contributed by atoms with E-state index in [4.69, 9.17) is 33.2 Å². The number of carbonyl (C=O) groups is 6. The lowest BCUT2D eigenvalue weighted by Crippen LogP contribution is -2.63. The van der Waals surface area contributed by atoms with E-state index in [0.29, 0.717) is 42.5 Å². The predicted octanol–water partition coefficient (Wildman–Crippen LogP) is 2.55. The van der Waals surface area contributed by atoms with Gasteiger partial charge in [-0.2, -0.15) is 0 Å². The van der Waals surface area contributed by atoms with E-state index in [1.54, 1.807) is 0 Å². The summed E-state index contributed by atoms with van der Waals surface area (Å²) in [5, 5.41) is 192. The van der Waals surface area contributed by atoms with E-state index in [-0.39, 0.29) is 0 Å². The summed E-state index contributed by atoms with van der Waals surface area (Å²) in [5.74, 6) is -37.6. The largest absolute Gasteiger partial charge is 0.504 e. The maximum Gasteiger partial charge on any atom is 0.342 e. The number of esters is 5. The number of hydrogen-bond acceptors (Lipinski definition) is 30. The molecule has 79 heavy (non-hydrogen) atoms. The van der Waals surface area contributed by atoms with Gasteiger partial charge in [0.1, 0.15) is 23.8 Å². The van der Waals surface area contributed by atoms with Crippen LogP contribution in [-0.2, 0) is 28.4 Å². The zero-order chi connectivity index (χ0) is 57.7. The molecule has 0 radical (unpaired) electrons. The highest BCUT2D eigenvalue weighted by atomic mass is 16.7. The third kappa shape index (κ3) is 8.40. The van der Waals surface area contributed by atoms with Crippen LogP contribution in [0.1, 0.15) is 62.1 Å². The van der Waals surface area contributed by atoms with Gasteiger partial charge in [-0.25, -0.2) is 28.8 Å². The summed E-state index contributed by atoms with van der Waals surface area (Å²) in [6.45, 7) is -1.36. The lowest BCUT2D eigenvalue weighted by molar-refractivity contribution is -0.282. The Kier molecular flexibility index (Phi) is 12.4. The fourth-order valence-corrected chi connectivity index (χ4v) is 8.48. The number of benzene rings is 6. The molecule has 1 fully saturated rings. The molecular formula is C48H32O31. The summed E-state index contributed by atoms with van der Waals surface area (Å²) in [5.41, 5.74) is -11.3. The Labute approximate surface area is 433 Å². The molecule has 9 rings (SSSR count). The van der Waals surface area contributed by atoms with Crippen molar-refractivity contribution in [3.63, 3.8) is 0 Å². The van der Waals surface area contributed by atoms with Gasteiger partial charge in [-0.3, -0.25) is 0 Å². The Hall–Kier alpha value is -11.5. The van der Waals surface area contributed by atoms with Crippen LogP contribution in [0.4, 0.5) is 0 Å². The van der Waals surface area contributed by atoms with Gasteiger partial charge in [-0.1, -0.05) is 0 Å². The number of carboxylic acids is 1. The zero-order valence-electron chi connectivity index (χ0n) is 38.5. The Morgan fingerprint density at radius 2 is 0.886 bits per heavy atom. The standard InChI is InChI=1S/C48H32O31/c49-16-1-9(2-17(50)28(16)57)43(68)79-48-41-40(77-46(71)12-4-18(51)29(58)32(61)24(12)25-13(47(72)78-41)5-19(52)30(59)33(25)62)39-22(74-48)8-73-44(69)14-3-10(26(55)35(64)27(14)56)23-11(45(70)76-39)6-21(54)38(34(23)63)75-37-15(42(66)67)7-20(53)31(60)36(37)65/h1-7,22,39-41,48-65H,8H2,(H,66,67). The van der Waals surface area contributed by atoms with Crippen molar-refractivity contribution in [1.29, 1.82) is 0 Å². The molecule has 31 heteroatoms. The number of carboxylic acid groups (broad SMARTS) is 1. The number of phenolic OH excluding ortho intramolecular Hbond substituents is 17. The lowest BCUT2D eigenvalue weighted by Gasteiger charge is -2.44. The SMILES string of the molecule is O=C(OC1OC2COC(=O)c3cc(c(O)c(O)c3O)-c3c(cc(O)c(Oc4c(C(=O)O)cc(O)c(O)c4O)c3O)C(=O)OC2C2OC(=O)c3cc(O)c(O)c(O)c3-c3c(cc(O)c(O)c3O)C(=O)OC12)c1cc(O)c(O)c(O)c1. The van der Waals surface area contributed by atoms with Crippen LogP contribution in [0.5, 0.6) is 109 Å². The quantitative estimate of drug-likeness (QED) is 0.0670. The number of hydrogen-bond donors (Lipinski definition) is 18. The van der Waals surface area contributed by atoms with Crippen LogP contribution >= 0.6 is 0 Å². The molecule has 0 amide bonds. The molecule has 18 N–H and O–H groups in total. The highest BCUT2D eigenvalue weighted by Crippen LogP contribution is 2.57. The number of carbonyl (C=O) groups excluding carboxylic acids is 5. The maximum absolute atomic E-state index is 14.9. The number of rotatable bonds is 5. The Bertz CT molecular complexity index is 3710. The number of fused-ring (bicyclic) bond motifs is 10. The Balaban J connectivity index is 1.28. The molecule has 3 heterocycles. The van der Waals surface area contributed by atoms with Gasteiger partial charge in [0, 0.05) is 28.3 Å². The van der Waals surface area contributed by atoms with E-state index in [2.05, 4.69) is 0 Å². The average Bonchev–Trinajstić information content (AvgIpc) is 3.50. The van der Waals surface area contributed by atoms with Crippen LogP contribution in [-0.4, -0.2) is 165 Å². The molecule has 0 aliphatic carbocycles. The molecular weight excluding hydrogens is 1070 g/mol. The smallest absolute Gasteiger partial charge is 0.342 e. The van der Waals surface area contributed by atoms with Crippen LogP contribution in [0.25, 0.3) is 22.3 Å². The van der Waals surface area contributed by atoms with Crippen LogP contribution in [0, 0.1) is 0 Å². The first-order valence-corrected chi connectivity index (χ1v) is 21.7. The molecule has 31 nitrogen and oxygen atoms in total. The minimum atomic E-state index is -2.66. The zero-order valence-corrected chi connectivity index (χ0v) is 38.5. The minimum Gasteiger partial charge on any atom is -0.504 e. The van der Waals surface area contributed by atoms with Gasteiger partial charge < -0.3 is 125 Å². The van der Waals surface area contributed by atoms with E-state index in [1.165, 1.54) is 0 Å². The molecule has 5 unspecified atom stereocenters. The summed E-state index contributed by atoms with van der Waals surface area (Å²) < 4.78 is 39.1. The fourth-order valence-electron chi connectivity index (χ4n) is 8.48.